The fourth-order valence-corrected chi connectivity index (χ4v) is 5.41. The van der Waals surface area contributed by atoms with Gasteiger partial charge in [0.25, 0.3) is 5.91 Å². The number of nitrogens with zero attached hydrogens (tertiary/aromatic N) is 1. The summed E-state index contributed by atoms with van der Waals surface area (Å²) >= 11 is 1.76. The molecule has 0 spiro atoms. The van der Waals surface area contributed by atoms with Gasteiger partial charge in [0.1, 0.15) is 17.4 Å². The largest absolute Gasteiger partial charge is 0.459 e. The number of hydrogen-bond acceptors (Lipinski definition) is 4. The molecule has 2 aromatic carbocycles. The number of likely N-dealkylation sites (tertiary alicyclic amines) is 1. The monoisotopic (exact) mass is 406 g/mol. The van der Waals surface area contributed by atoms with Crippen LogP contribution in [0.2, 0.25) is 0 Å². The normalized spacial score (nSPS) is 20.3. The lowest BCUT2D eigenvalue weighted by Crippen LogP contribution is -3.11. The average Bonchev–Trinajstić information content (AvgIpc) is 3.44. The van der Waals surface area contributed by atoms with Crippen molar-refractivity contribution in [2.45, 2.75) is 31.8 Å². The van der Waals surface area contributed by atoms with Crippen LogP contribution in [-0.4, -0.2) is 24.0 Å². The van der Waals surface area contributed by atoms with E-state index in [1.165, 1.54) is 9.60 Å². The van der Waals surface area contributed by atoms with E-state index in [0.29, 0.717) is 12.6 Å². The molecular formula is C23H24N3O2S+. The molecule has 2 N–H and O–H groups in total. The third-order valence-corrected chi connectivity index (χ3v) is 6.88. The number of rotatable bonds is 5. The molecule has 4 aromatic rings. The lowest BCUT2D eigenvalue weighted by atomic mass is 10.2. The van der Waals surface area contributed by atoms with Crippen molar-refractivity contribution in [3.63, 3.8) is 0 Å². The summed E-state index contributed by atoms with van der Waals surface area (Å²) < 4.78 is 7.11. The van der Waals surface area contributed by atoms with Gasteiger partial charge in [-0.05, 0) is 31.2 Å². The zero-order chi connectivity index (χ0) is 19.8. The van der Waals surface area contributed by atoms with Crippen molar-refractivity contribution < 1.29 is 14.1 Å². The van der Waals surface area contributed by atoms with Crippen molar-refractivity contribution in [1.29, 1.82) is 0 Å². The van der Waals surface area contributed by atoms with E-state index < -0.39 is 0 Å². The molecule has 2 aromatic heterocycles. The van der Waals surface area contributed by atoms with E-state index in [-0.39, 0.29) is 11.9 Å². The minimum atomic E-state index is -0.155. The van der Waals surface area contributed by atoms with Gasteiger partial charge in [-0.25, -0.2) is 4.98 Å². The highest BCUT2D eigenvalue weighted by atomic mass is 32.1. The smallest absolute Gasteiger partial charge is 0.275 e. The Balaban J connectivity index is 1.26. The maximum absolute atomic E-state index is 12.8. The minimum Gasteiger partial charge on any atom is -0.459 e. The number of hydrogen-bond donors (Lipinski definition) is 2. The first-order chi connectivity index (χ1) is 14.2. The fourth-order valence-electron chi connectivity index (χ4n) is 4.25. The summed E-state index contributed by atoms with van der Waals surface area (Å²) in [5.74, 6) is 0.847. The number of aromatic nitrogens is 1. The van der Waals surface area contributed by atoms with Gasteiger partial charge < -0.3 is 14.6 Å². The molecule has 1 aliphatic heterocycles. The number of carbonyl (C=O) groups is 1. The molecule has 3 heterocycles. The molecule has 0 aliphatic carbocycles. The second-order valence-corrected chi connectivity index (χ2v) is 8.84. The fraction of sp³-hybridized carbons (Fsp3) is 0.304. The van der Waals surface area contributed by atoms with Gasteiger partial charge >= 0.3 is 0 Å². The van der Waals surface area contributed by atoms with E-state index in [1.54, 1.807) is 11.3 Å². The molecule has 29 heavy (non-hydrogen) atoms. The zero-order valence-electron chi connectivity index (χ0n) is 16.4. The first-order valence-corrected chi connectivity index (χ1v) is 11.0. The molecule has 1 fully saturated rings. The molecule has 3 atom stereocenters. The van der Waals surface area contributed by atoms with Crippen LogP contribution in [0.5, 0.6) is 0 Å². The molecule has 1 unspecified atom stereocenters. The van der Waals surface area contributed by atoms with Crippen molar-refractivity contribution in [2.75, 3.05) is 13.1 Å². The van der Waals surface area contributed by atoms with Crippen molar-refractivity contribution >= 4 is 38.4 Å². The maximum atomic E-state index is 12.8. The van der Waals surface area contributed by atoms with Gasteiger partial charge in [0.15, 0.2) is 11.6 Å². The summed E-state index contributed by atoms with van der Waals surface area (Å²) in [5.41, 5.74) is 1.91. The van der Waals surface area contributed by atoms with Crippen molar-refractivity contribution in [1.82, 2.24) is 10.3 Å². The van der Waals surface area contributed by atoms with E-state index >= 15 is 0 Å². The highest BCUT2D eigenvalue weighted by molar-refractivity contribution is 7.18. The lowest BCUT2D eigenvalue weighted by molar-refractivity contribution is -0.910. The van der Waals surface area contributed by atoms with Gasteiger partial charge in [0, 0.05) is 18.2 Å². The number of quaternary nitrogens is 1. The van der Waals surface area contributed by atoms with Gasteiger partial charge in [-0.1, -0.05) is 30.3 Å². The van der Waals surface area contributed by atoms with Crippen LogP contribution in [0.3, 0.4) is 0 Å². The molecule has 1 amide bonds. The lowest BCUT2D eigenvalue weighted by Gasteiger charge is -2.20. The third kappa shape index (κ3) is 3.66. The van der Waals surface area contributed by atoms with Gasteiger partial charge in [-0.3, -0.25) is 4.79 Å². The van der Waals surface area contributed by atoms with E-state index in [9.17, 15) is 4.79 Å². The number of benzene rings is 2. The summed E-state index contributed by atoms with van der Waals surface area (Å²) in [7, 11) is 0. The van der Waals surface area contributed by atoms with E-state index in [2.05, 4.69) is 23.5 Å². The van der Waals surface area contributed by atoms with Gasteiger partial charge in [-0.2, -0.15) is 0 Å². The van der Waals surface area contributed by atoms with Crippen LogP contribution in [0.15, 0.2) is 59.0 Å². The summed E-state index contributed by atoms with van der Waals surface area (Å²) in [4.78, 5) is 18.9. The molecule has 148 valence electrons. The standard InChI is InChI=1S/C23H23N3O2S/c1-15(20-13-16-7-2-4-10-19(16)28-20)24-22(27)14-26-12-6-9-18(26)23-25-17-8-3-5-11-21(17)29-23/h2-5,7-8,10-11,13,15,18H,6,9,12,14H2,1H3,(H,24,27)/p+1/t15-,18+/m0/s1. The van der Waals surface area contributed by atoms with Crippen LogP contribution in [-0.2, 0) is 4.79 Å². The second kappa shape index (κ2) is 7.61. The summed E-state index contributed by atoms with van der Waals surface area (Å²) in [5, 5.41) is 5.32. The Kier molecular flexibility index (Phi) is 4.81. The Hall–Kier alpha value is -2.70. The molecule has 0 saturated carbocycles. The first kappa shape index (κ1) is 18.3. The minimum absolute atomic E-state index is 0.0565. The maximum Gasteiger partial charge on any atom is 0.275 e. The van der Waals surface area contributed by atoms with Crippen LogP contribution in [0.1, 0.15) is 42.6 Å². The Bertz CT molecular complexity index is 1100. The van der Waals surface area contributed by atoms with Crippen molar-refractivity contribution in [2.24, 2.45) is 0 Å². The molecule has 0 bridgehead atoms. The average molecular weight is 407 g/mol. The summed E-state index contributed by atoms with van der Waals surface area (Å²) in [6, 6.07) is 18.3. The number of nitrogens with one attached hydrogen (secondary N) is 2. The highest BCUT2D eigenvalue weighted by Crippen LogP contribution is 2.28. The number of thiazole rings is 1. The number of fused-ring (bicyclic) bond motifs is 2. The van der Waals surface area contributed by atoms with E-state index in [1.807, 2.05) is 43.3 Å². The summed E-state index contributed by atoms with van der Waals surface area (Å²) in [6.07, 6.45) is 2.21. The number of amides is 1. The Labute approximate surface area is 173 Å². The first-order valence-electron chi connectivity index (χ1n) is 10.2. The summed E-state index contributed by atoms with van der Waals surface area (Å²) in [6.45, 7) is 3.44. The Morgan fingerprint density at radius 2 is 2.10 bits per heavy atom. The molecule has 0 radical (unpaired) electrons. The van der Waals surface area contributed by atoms with Gasteiger partial charge in [0.05, 0.1) is 22.8 Å². The predicted molar refractivity (Wildman–Crippen MR) is 115 cm³/mol. The number of para-hydroxylation sites is 2. The van der Waals surface area contributed by atoms with Crippen LogP contribution >= 0.6 is 11.3 Å². The molecule has 5 nitrogen and oxygen atoms in total. The van der Waals surface area contributed by atoms with Crippen molar-refractivity contribution in [3.05, 3.63) is 65.4 Å². The molecule has 6 heteroatoms. The van der Waals surface area contributed by atoms with E-state index in [0.717, 1.165) is 46.6 Å². The second-order valence-electron chi connectivity index (χ2n) is 7.78. The van der Waals surface area contributed by atoms with Crippen LogP contribution in [0, 0.1) is 0 Å². The molecular weight excluding hydrogens is 382 g/mol. The van der Waals surface area contributed by atoms with Crippen LogP contribution in [0.4, 0.5) is 0 Å². The number of carbonyl (C=O) groups excluding carboxylic acids is 1. The zero-order valence-corrected chi connectivity index (χ0v) is 17.2. The topological polar surface area (TPSA) is 59.6 Å². The van der Waals surface area contributed by atoms with Gasteiger partial charge in [-0.15, -0.1) is 11.3 Å². The van der Waals surface area contributed by atoms with Crippen LogP contribution < -0.4 is 10.2 Å². The molecule has 5 rings (SSSR count). The van der Waals surface area contributed by atoms with Crippen molar-refractivity contribution in [3.8, 4) is 0 Å². The Morgan fingerprint density at radius 1 is 1.28 bits per heavy atom. The number of furan rings is 1. The third-order valence-electron chi connectivity index (χ3n) is 5.73. The van der Waals surface area contributed by atoms with E-state index in [4.69, 9.17) is 9.40 Å². The SMILES string of the molecule is C[C@H](NC(=O)C[NH+]1CCC[C@@H]1c1nc2ccccc2s1)c1cc2ccccc2o1. The molecule has 1 saturated heterocycles. The Morgan fingerprint density at radius 3 is 2.97 bits per heavy atom. The molecule has 1 aliphatic rings. The quantitative estimate of drug-likeness (QED) is 0.532. The highest BCUT2D eigenvalue weighted by Gasteiger charge is 2.34. The van der Waals surface area contributed by atoms with Gasteiger partial charge in [0.2, 0.25) is 0 Å². The predicted octanol–water partition coefficient (Wildman–Crippen LogP) is 3.64. The van der Waals surface area contributed by atoms with Crippen LogP contribution in [0.25, 0.3) is 21.2 Å².